The van der Waals surface area contributed by atoms with Crippen molar-refractivity contribution in [3.05, 3.63) is 54.6 Å². The van der Waals surface area contributed by atoms with Crippen molar-refractivity contribution < 1.29 is 4.79 Å². The molecule has 0 fully saturated rings. The van der Waals surface area contributed by atoms with Crippen LogP contribution in [0.15, 0.2) is 69.5 Å². The van der Waals surface area contributed by atoms with E-state index in [4.69, 9.17) is 11.5 Å². The van der Waals surface area contributed by atoms with Gasteiger partial charge in [-0.3, -0.25) is 4.79 Å². The Morgan fingerprint density at radius 3 is 2.30 bits per heavy atom. The molecule has 0 spiro atoms. The number of rotatable bonds is 6. The van der Waals surface area contributed by atoms with Crippen LogP contribution in [0.2, 0.25) is 0 Å². The molecule has 0 aliphatic carbocycles. The normalized spacial score (nSPS) is 11.7. The number of carbonyl (C=O) groups excluding carboxylic acids is 1. The first-order valence-corrected chi connectivity index (χ1v) is 9.77. The summed E-state index contributed by atoms with van der Waals surface area (Å²) in [5.41, 5.74) is 11.9. The molecule has 0 saturated carbocycles. The molecule has 3 aromatic rings. The lowest BCUT2D eigenvalue weighted by molar-refractivity contribution is -0.115. The molecule has 0 saturated heterocycles. The van der Waals surface area contributed by atoms with Gasteiger partial charge in [0, 0.05) is 9.79 Å². The third kappa shape index (κ3) is 5.35. The second-order valence-electron chi connectivity index (χ2n) is 5.49. The molecule has 2 aromatic carbocycles. The fourth-order valence-electron chi connectivity index (χ4n) is 2.16. The first-order valence-electron chi connectivity index (χ1n) is 8.08. The van der Waals surface area contributed by atoms with Crippen LogP contribution in [0.4, 0.5) is 17.6 Å². The molecule has 0 unspecified atom stereocenters. The topological polar surface area (TPSA) is 120 Å². The van der Waals surface area contributed by atoms with Crippen molar-refractivity contribution in [2.24, 2.45) is 0 Å². The van der Waals surface area contributed by atoms with E-state index >= 15 is 0 Å². The Balaban J connectivity index is 1.70. The van der Waals surface area contributed by atoms with Gasteiger partial charge in [0.25, 0.3) is 0 Å². The highest BCUT2D eigenvalue weighted by molar-refractivity contribution is 8.00. The third-order valence-electron chi connectivity index (χ3n) is 3.42. The zero-order valence-corrected chi connectivity index (χ0v) is 16.1. The number of nitrogens with two attached hydrogens (primary N) is 2. The van der Waals surface area contributed by atoms with Gasteiger partial charge in [0.1, 0.15) is 0 Å². The number of amides is 1. The summed E-state index contributed by atoms with van der Waals surface area (Å²) in [4.78, 5) is 26.4. The van der Waals surface area contributed by atoms with Crippen LogP contribution in [0.5, 0.6) is 0 Å². The van der Waals surface area contributed by atoms with Gasteiger partial charge >= 0.3 is 0 Å². The van der Waals surface area contributed by atoms with Crippen LogP contribution in [0.3, 0.4) is 0 Å². The fourth-order valence-corrected chi connectivity index (χ4v) is 3.86. The van der Waals surface area contributed by atoms with E-state index in [2.05, 4.69) is 20.3 Å². The SMILES string of the molecule is C[C@H](Sc1nc(N)nc(N)n1)C(=O)Nc1ccccc1Sc1ccccc1. The number of carbonyl (C=O) groups is 1. The number of nitrogen functional groups attached to an aromatic ring is 2. The molecule has 9 heteroatoms. The summed E-state index contributed by atoms with van der Waals surface area (Å²) in [5, 5.41) is 2.84. The fraction of sp³-hybridized carbons (Fsp3) is 0.111. The molecule has 1 aromatic heterocycles. The molecule has 27 heavy (non-hydrogen) atoms. The molecule has 3 rings (SSSR count). The predicted molar refractivity (Wildman–Crippen MR) is 110 cm³/mol. The van der Waals surface area contributed by atoms with E-state index in [1.54, 1.807) is 18.7 Å². The monoisotopic (exact) mass is 398 g/mol. The number of anilines is 3. The number of hydrogen-bond donors (Lipinski definition) is 3. The zero-order valence-electron chi connectivity index (χ0n) is 14.5. The standard InChI is InChI=1S/C18H18N6OS2/c1-11(26-18-23-16(19)22-17(20)24-18)15(25)21-13-9-5-6-10-14(13)27-12-7-3-2-4-8-12/h2-11H,1H3,(H,21,25)(H4,19,20,22,23,24)/t11-/m0/s1. The number of nitrogens with zero attached hydrogens (tertiary/aromatic N) is 3. The molecule has 1 atom stereocenters. The average molecular weight is 399 g/mol. The van der Waals surface area contributed by atoms with Crippen LogP contribution >= 0.6 is 23.5 Å². The second-order valence-corrected chi connectivity index (χ2v) is 7.92. The first-order chi connectivity index (χ1) is 13.0. The van der Waals surface area contributed by atoms with E-state index < -0.39 is 5.25 Å². The summed E-state index contributed by atoms with van der Waals surface area (Å²) in [5.74, 6) is -0.108. The van der Waals surface area contributed by atoms with E-state index in [-0.39, 0.29) is 17.8 Å². The van der Waals surface area contributed by atoms with Crippen molar-refractivity contribution in [3.63, 3.8) is 0 Å². The smallest absolute Gasteiger partial charge is 0.237 e. The summed E-state index contributed by atoms with van der Waals surface area (Å²) >= 11 is 2.76. The largest absolute Gasteiger partial charge is 0.368 e. The molecule has 0 aliphatic rings. The molecule has 0 aliphatic heterocycles. The predicted octanol–water partition coefficient (Wildman–Crippen LogP) is 3.31. The summed E-state index contributed by atoms with van der Waals surface area (Å²) < 4.78 is 0. The van der Waals surface area contributed by atoms with Crippen molar-refractivity contribution in [2.45, 2.75) is 27.1 Å². The van der Waals surface area contributed by atoms with Gasteiger partial charge < -0.3 is 16.8 Å². The van der Waals surface area contributed by atoms with Crippen LogP contribution in [-0.2, 0) is 4.79 Å². The molecule has 7 nitrogen and oxygen atoms in total. The molecular formula is C18H18N6OS2. The Kier molecular flexibility index (Phi) is 6.15. The van der Waals surface area contributed by atoms with Crippen molar-refractivity contribution in [3.8, 4) is 0 Å². The number of benzene rings is 2. The number of nitrogens with one attached hydrogen (secondary N) is 1. The molecule has 0 radical (unpaired) electrons. The average Bonchev–Trinajstić information content (AvgIpc) is 2.63. The van der Waals surface area contributed by atoms with E-state index in [1.807, 2.05) is 54.6 Å². The van der Waals surface area contributed by atoms with Crippen molar-refractivity contribution in [1.29, 1.82) is 0 Å². The van der Waals surface area contributed by atoms with E-state index in [1.165, 1.54) is 11.8 Å². The molecule has 5 N–H and O–H groups in total. The molecule has 1 heterocycles. The highest BCUT2D eigenvalue weighted by atomic mass is 32.2. The first kappa shape index (κ1) is 19.0. The van der Waals surface area contributed by atoms with Crippen LogP contribution in [0, 0.1) is 0 Å². The summed E-state index contributed by atoms with van der Waals surface area (Å²) in [6.45, 7) is 1.77. The Bertz CT molecular complexity index is 918. The van der Waals surface area contributed by atoms with Crippen molar-refractivity contribution in [1.82, 2.24) is 15.0 Å². The van der Waals surface area contributed by atoms with Gasteiger partial charge in [-0.1, -0.05) is 53.9 Å². The van der Waals surface area contributed by atoms with Crippen LogP contribution in [0.1, 0.15) is 6.92 Å². The molecule has 1 amide bonds. The molecule has 0 bridgehead atoms. The van der Waals surface area contributed by atoms with E-state index in [0.29, 0.717) is 5.16 Å². The number of para-hydroxylation sites is 1. The lowest BCUT2D eigenvalue weighted by Gasteiger charge is -2.14. The van der Waals surface area contributed by atoms with Crippen molar-refractivity contribution in [2.75, 3.05) is 16.8 Å². The maximum absolute atomic E-state index is 12.6. The lowest BCUT2D eigenvalue weighted by Crippen LogP contribution is -2.23. The van der Waals surface area contributed by atoms with E-state index in [9.17, 15) is 4.79 Å². The number of aromatic nitrogens is 3. The number of hydrogen-bond acceptors (Lipinski definition) is 8. The summed E-state index contributed by atoms with van der Waals surface area (Å²) in [6.07, 6.45) is 0. The maximum atomic E-state index is 12.6. The van der Waals surface area contributed by atoms with Gasteiger partial charge in [-0.2, -0.15) is 15.0 Å². The minimum atomic E-state index is -0.444. The van der Waals surface area contributed by atoms with Gasteiger partial charge in [-0.15, -0.1) is 0 Å². The van der Waals surface area contributed by atoms with Gasteiger partial charge in [0.15, 0.2) is 5.16 Å². The summed E-state index contributed by atoms with van der Waals surface area (Å²) in [6, 6.07) is 17.7. The maximum Gasteiger partial charge on any atom is 0.237 e. The summed E-state index contributed by atoms with van der Waals surface area (Å²) in [7, 11) is 0. The van der Waals surface area contributed by atoms with Crippen LogP contribution in [0.25, 0.3) is 0 Å². The highest BCUT2D eigenvalue weighted by Crippen LogP contribution is 2.33. The Labute approximate surface area is 165 Å². The van der Waals surface area contributed by atoms with Gasteiger partial charge in [-0.25, -0.2) is 0 Å². The minimum absolute atomic E-state index is 0.0298. The third-order valence-corrected chi connectivity index (χ3v) is 5.46. The van der Waals surface area contributed by atoms with Gasteiger partial charge in [0.2, 0.25) is 17.8 Å². The van der Waals surface area contributed by atoms with Gasteiger partial charge in [-0.05, 0) is 31.2 Å². The number of thioether (sulfide) groups is 1. The van der Waals surface area contributed by atoms with Gasteiger partial charge in [0.05, 0.1) is 10.9 Å². The minimum Gasteiger partial charge on any atom is -0.368 e. The molecule has 138 valence electrons. The zero-order chi connectivity index (χ0) is 19.2. The highest BCUT2D eigenvalue weighted by Gasteiger charge is 2.18. The lowest BCUT2D eigenvalue weighted by atomic mass is 10.3. The Hall–Kier alpha value is -2.78. The quantitative estimate of drug-likeness (QED) is 0.541. The molecular weight excluding hydrogens is 380 g/mol. The second kappa shape index (κ2) is 8.74. The Morgan fingerprint density at radius 2 is 1.59 bits per heavy atom. The van der Waals surface area contributed by atoms with E-state index in [0.717, 1.165) is 15.5 Å². The van der Waals surface area contributed by atoms with Crippen molar-refractivity contribution >= 4 is 47.0 Å². The van der Waals surface area contributed by atoms with Crippen LogP contribution < -0.4 is 16.8 Å². The Morgan fingerprint density at radius 1 is 0.963 bits per heavy atom. The van der Waals surface area contributed by atoms with Crippen LogP contribution in [-0.4, -0.2) is 26.1 Å².